The van der Waals surface area contributed by atoms with Crippen molar-refractivity contribution in [3.63, 3.8) is 0 Å². The van der Waals surface area contributed by atoms with E-state index in [0.29, 0.717) is 0 Å². The summed E-state index contributed by atoms with van der Waals surface area (Å²) in [6.45, 7) is 1.35. The summed E-state index contributed by atoms with van der Waals surface area (Å²) in [6, 6.07) is 2.63. The highest BCUT2D eigenvalue weighted by Crippen LogP contribution is 2.16. The molecule has 1 atom stereocenters. The normalized spacial score (nSPS) is 11.9. The van der Waals surface area contributed by atoms with Crippen LogP contribution < -0.4 is 5.32 Å². The zero-order valence-corrected chi connectivity index (χ0v) is 9.04. The first-order valence-electron chi connectivity index (χ1n) is 4.88. The molecule has 17 heavy (non-hydrogen) atoms. The third-order valence-electron chi connectivity index (χ3n) is 2.12. The molecular formula is C11H11F2NO3. The molecule has 0 heterocycles. The molecule has 1 aromatic rings. The van der Waals surface area contributed by atoms with Crippen LogP contribution in [0, 0.1) is 17.6 Å². The zero-order chi connectivity index (χ0) is 13.0. The lowest BCUT2D eigenvalue weighted by molar-refractivity contribution is -0.142. The lowest BCUT2D eigenvalue weighted by Crippen LogP contribution is -2.20. The molecule has 0 aromatic heterocycles. The molecule has 2 N–H and O–H groups in total. The third kappa shape index (κ3) is 3.82. The van der Waals surface area contributed by atoms with Crippen molar-refractivity contribution in [3.8, 4) is 0 Å². The fourth-order valence-electron chi connectivity index (χ4n) is 1.16. The van der Waals surface area contributed by atoms with Gasteiger partial charge in [-0.15, -0.1) is 0 Å². The van der Waals surface area contributed by atoms with Gasteiger partial charge in [-0.3, -0.25) is 9.59 Å². The van der Waals surface area contributed by atoms with E-state index in [1.54, 1.807) is 0 Å². The number of amides is 1. The van der Waals surface area contributed by atoms with Crippen LogP contribution in [0.15, 0.2) is 18.2 Å². The Kier molecular flexibility index (Phi) is 4.14. The molecule has 0 aliphatic heterocycles. The summed E-state index contributed by atoms with van der Waals surface area (Å²) < 4.78 is 25.9. The number of rotatable bonds is 4. The molecular weight excluding hydrogens is 232 g/mol. The Bertz CT molecular complexity index is 448. The number of nitrogens with one attached hydrogen (secondary N) is 1. The second kappa shape index (κ2) is 5.38. The molecule has 1 aromatic carbocycles. The van der Waals surface area contributed by atoms with Gasteiger partial charge in [-0.25, -0.2) is 8.78 Å². The van der Waals surface area contributed by atoms with E-state index in [4.69, 9.17) is 5.11 Å². The molecule has 4 nitrogen and oxygen atoms in total. The van der Waals surface area contributed by atoms with E-state index in [-0.39, 0.29) is 12.1 Å². The fourth-order valence-corrected chi connectivity index (χ4v) is 1.16. The minimum Gasteiger partial charge on any atom is -0.481 e. The van der Waals surface area contributed by atoms with Crippen molar-refractivity contribution in [1.82, 2.24) is 0 Å². The Balaban J connectivity index is 2.68. The van der Waals surface area contributed by atoms with Gasteiger partial charge in [0.15, 0.2) is 0 Å². The largest absolute Gasteiger partial charge is 0.481 e. The number of hydrogen-bond acceptors (Lipinski definition) is 2. The second-order valence-corrected chi connectivity index (χ2v) is 3.62. The quantitative estimate of drug-likeness (QED) is 0.850. The van der Waals surface area contributed by atoms with Crippen molar-refractivity contribution in [1.29, 1.82) is 0 Å². The second-order valence-electron chi connectivity index (χ2n) is 3.62. The predicted molar refractivity (Wildman–Crippen MR) is 56.4 cm³/mol. The van der Waals surface area contributed by atoms with Crippen LogP contribution in [0.25, 0.3) is 0 Å². The van der Waals surface area contributed by atoms with Crippen LogP contribution in [-0.2, 0) is 9.59 Å². The van der Waals surface area contributed by atoms with Gasteiger partial charge < -0.3 is 10.4 Å². The standard InChI is InChI=1S/C11H11F2NO3/c1-6(11(16)17)4-10(15)14-9-5-7(12)2-3-8(9)13/h2-3,5-6H,4H2,1H3,(H,14,15)(H,16,17). The van der Waals surface area contributed by atoms with E-state index in [2.05, 4.69) is 5.32 Å². The number of carboxylic acids is 1. The summed E-state index contributed by atoms with van der Waals surface area (Å²) in [5.41, 5.74) is -0.299. The smallest absolute Gasteiger partial charge is 0.306 e. The van der Waals surface area contributed by atoms with Gasteiger partial charge in [0.05, 0.1) is 11.6 Å². The van der Waals surface area contributed by atoms with E-state index in [1.165, 1.54) is 6.92 Å². The minimum absolute atomic E-state index is 0.299. The van der Waals surface area contributed by atoms with Gasteiger partial charge in [0, 0.05) is 12.5 Å². The summed E-state index contributed by atoms with van der Waals surface area (Å²) in [4.78, 5) is 21.8. The van der Waals surface area contributed by atoms with Crippen LogP contribution in [0.3, 0.4) is 0 Å². The molecule has 0 saturated heterocycles. The Morgan fingerprint density at radius 1 is 1.41 bits per heavy atom. The van der Waals surface area contributed by atoms with Crippen LogP contribution >= 0.6 is 0 Å². The highest BCUT2D eigenvalue weighted by atomic mass is 19.1. The minimum atomic E-state index is -1.13. The molecule has 1 rings (SSSR count). The molecule has 0 aliphatic rings. The Hall–Kier alpha value is -1.98. The highest BCUT2D eigenvalue weighted by Gasteiger charge is 2.16. The summed E-state index contributed by atoms with van der Waals surface area (Å²) in [7, 11) is 0. The molecule has 1 unspecified atom stereocenters. The third-order valence-corrected chi connectivity index (χ3v) is 2.12. The van der Waals surface area contributed by atoms with Crippen LogP contribution in [0.5, 0.6) is 0 Å². The van der Waals surface area contributed by atoms with Gasteiger partial charge >= 0.3 is 5.97 Å². The zero-order valence-electron chi connectivity index (χ0n) is 9.04. The van der Waals surface area contributed by atoms with Crippen molar-refractivity contribution < 1.29 is 23.5 Å². The van der Waals surface area contributed by atoms with Gasteiger partial charge in [-0.05, 0) is 12.1 Å². The summed E-state index contributed by atoms with van der Waals surface area (Å²) in [5.74, 6) is -4.15. The number of halogens is 2. The lowest BCUT2D eigenvalue weighted by Gasteiger charge is -2.08. The first-order valence-corrected chi connectivity index (χ1v) is 4.88. The van der Waals surface area contributed by atoms with Gasteiger partial charge in [0.2, 0.25) is 5.91 Å². The van der Waals surface area contributed by atoms with E-state index in [0.717, 1.165) is 18.2 Å². The van der Waals surface area contributed by atoms with Crippen LogP contribution in [0.1, 0.15) is 13.3 Å². The number of hydrogen-bond donors (Lipinski definition) is 2. The van der Waals surface area contributed by atoms with E-state index in [1.807, 2.05) is 0 Å². The number of carboxylic acid groups (broad SMARTS) is 1. The summed E-state index contributed by atoms with van der Waals surface area (Å²) in [5, 5.41) is 10.7. The lowest BCUT2D eigenvalue weighted by atomic mass is 10.1. The van der Waals surface area contributed by atoms with Crippen molar-refractivity contribution in [2.45, 2.75) is 13.3 Å². The highest BCUT2D eigenvalue weighted by molar-refractivity contribution is 5.93. The summed E-state index contributed by atoms with van der Waals surface area (Å²) in [6.07, 6.45) is -0.300. The number of carbonyl (C=O) groups is 2. The SMILES string of the molecule is CC(CC(=O)Nc1cc(F)ccc1F)C(=O)O. The molecule has 0 spiro atoms. The van der Waals surface area contributed by atoms with Crippen LogP contribution in [0.4, 0.5) is 14.5 Å². The first-order chi connectivity index (χ1) is 7.90. The number of anilines is 1. The van der Waals surface area contributed by atoms with Crippen molar-refractivity contribution >= 4 is 17.6 Å². The summed E-state index contributed by atoms with van der Waals surface area (Å²) >= 11 is 0. The van der Waals surface area contributed by atoms with E-state index >= 15 is 0 Å². The van der Waals surface area contributed by atoms with E-state index in [9.17, 15) is 18.4 Å². The van der Waals surface area contributed by atoms with Gasteiger partial charge in [-0.1, -0.05) is 6.92 Å². The molecule has 0 saturated carbocycles. The molecule has 0 aliphatic carbocycles. The maximum Gasteiger partial charge on any atom is 0.306 e. The fraction of sp³-hybridized carbons (Fsp3) is 0.273. The first kappa shape index (κ1) is 13.1. The van der Waals surface area contributed by atoms with Crippen LogP contribution in [0.2, 0.25) is 0 Å². The Morgan fingerprint density at radius 2 is 2.06 bits per heavy atom. The maximum absolute atomic E-state index is 13.1. The average molecular weight is 243 g/mol. The number of carbonyl (C=O) groups excluding carboxylic acids is 1. The molecule has 92 valence electrons. The van der Waals surface area contributed by atoms with Gasteiger partial charge in [0.25, 0.3) is 0 Å². The van der Waals surface area contributed by atoms with Crippen molar-refractivity contribution in [2.75, 3.05) is 5.32 Å². The van der Waals surface area contributed by atoms with E-state index < -0.39 is 29.4 Å². The predicted octanol–water partition coefficient (Wildman–Crippen LogP) is 2.01. The maximum atomic E-state index is 13.1. The molecule has 1 amide bonds. The van der Waals surface area contributed by atoms with Gasteiger partial charge in [-0.2, -0.15) is 0 Å². The molecule has 0 fully saturated rings. The van der Waals surface area contributed by atoms with Crippen molar-refractivity contribution in [2.24, 2.45) is 5.92 Å². The molecule has 0 bridgehead atoms. The molecule has 6 heteroatoms. The Morgan fingerprint density at radius 3 is 2.65 bits per heavy atom. The van der Waals surface area contributed by atoms with Gasteiger partial charge in [0.1, 0.15) is 11.6 Å². The number of aliphatic carboxylic acids is 1. The molecule has 0 radical (unpaired) electrons. The average Bonchev–Trinajstić information content (AvgIpc) is 2.23. The van der Waals surface area contributed by atoms with Crippen LogP contribution in [-0.4, -0.2) is 17.0 Å². The Labute approximate surface area is 96.3 Å². The van der Waals surface area contributed by atoms with Crippen molar-refractivity contribution in [3.05, 3.63) is 29.8 Å². The monoisotopic (exact) mass is 243 g/mol. The topological polar surface area (TPSA) is 66.4 Å². The number of benzene rings is 1.